The first kappa shape index (κ1) is 19.2. The average molecular weight is 400 g/mol. The molecule has 27 heavy (non-hydrogen) atoms. The van der Waals surface area contributed by atoms with E-state index in [0.29, 0.717) is 18.6 Å². The molecule has 0 radical (unpaired) electrons. The lowest BCUT2D eigenvalue weighted by Crippen LogP contribution is -2.33. The summed E-state index contributed by atoms with van der Waals surface area (Å²) in [6.07, 6.45) is -3.19. The first-order valence-electron chi connectivity index (χ1n) is 8.07. The number of halogens is 3. The predicted molar refractivity (Wildman–Crippen MR) is 90.5 cm³/mol. The Bertz CT molecular complexity index is 817. The number of benzene rings is 1. The van der Waals surface area contributed by atoms with E-state index in [1.165, 1.54) is 24.3 Å². The number of piperidine rings is 1. The summed E-state index contributed by atoms with van der Waals surface area (Å²) in [6, 6.07) is 5.72. The SMILES string of the molecule is O=C(Nc1nnc(C(F)(F)F)s1)c1ccc(OC(=O)C2CCNCC2)cc1. The Morgan fingerprint density at radius 1 is 1.15 bits per heavy atom. The van der Waals surface area contributed by atoms with Gasteiger partial charge in [-0.25, -0.2) is 0 Å². The van der Waals surface area contributed by atoms with Gasteiger partial charge in [0.05, 0.1) is 5.92 Å². The van der Waals surface area contributed by atoms with Gasteiger partial charge in [-0.3, -0.25) is 14.9 Å². The minimum atomic E-state index is -4.61. The van der Waals surface area contributed by atoms with Gasteiger partial charge >= 0.3 is 12.1 Å². The van der Waals surface area contributed by atoms with Crippen LogP contribution >= 0.6 is 11.3 Å². The number of hydrogen-bond donors (Lipinski definition) is 2. The molecular weight excluding hydrogens is 385 g/mol. The zero-order chi connectivity index (χ0) is 19.4. The third-order valence-corrected chi connectivity index (χ3v) is 4.78. The fraction of sp³-hybridized carbons (Fsp3) is 0.375. The van der Waals surface area contributed by atoms with Gasteiger partial charge in [0.1, 0.15) is 5.75 Å². The monoisotopic (exact) mass is 400 g/mol. The summed E-state index contributed by atoms with van der Waals surface area (Å²) in [4.78, 5) is 24.2. The van der Waals surface area contributed by atoms with E-state index in [4.69, 9.17) is 4.74 Å². The topological polar surface area (TPSA) is 93.2 Å². The third kappa shape index (κ3) is 5.01. The number of carbonyl (C=O) groups excluding carboxylic acids is 2. The first-order chi connectivity index (χ1) is 12.8. The van der Waals surface area contributed by atoms with Crippen molar-refractivity contribution in [1.82, 2.24) is 15.5 Å². The number of ether oxygens (including phenoxy) is 1. The molecule has 7 nitrogen and oxygen atoms in total. The fourth-order valence-electron chi connectivity index (χ4n) is 2.49. The molecule has 1 aliphatic heterocycles. The number of aromatic nitrogens is 2. The Morgan fingerprint density at radius 2 is 1.81 bits per heavy atom. The number of esters is 1. The van der Waals surface area contributed by atoms with Gasteiger partial charge in [-0.2, -0.15) is 13.2 Å². The Labute approximate surface area is 155 Å². The third-order valence-electron chi connectivity index (χ3n) is 3.90. The number of nitrogens with zero attached hydrogens (tertiary/aromatic N) is 2. The molecule has 11 heteroatoms. The lowest BCUT2D eigenvalue weighted by Gasteiger charge is -2.20. The van der Waals surface area contributed by atoms with Gasteiger partial charge in [-0.05, 0) is 50.2 Å². The molecule has 1 fully saturated rings. The predicted octanol–water partition coefficient (Wildman–Crippen LogP) is 2.71. The molecule has 1 amide bonds. The van der Waals surface area contributed by atoms with E-state index in [2.05, 4.69) is 20.8 Å². The lowest BCUT2D eigenvalue weighted by molar-refractivity contribution is -0.140. The van der Waals surface area contributed by atoms with Crippen molar-refractivity contribution in [3.05, 3.63) is 34.8 Å². The number of nitrogens with one attached hydrogen (secondary N) is 2. The van der Waals surface area contributed by atoms with Crippen molar-refractivity contribution in [3.8, 4) is 5.75 Å². The number of rotatable bonds is 4. The second kappa shape index (κ2) is 8.01. The van der Waals surface area contributed by atoms with Crippen molar-refractivity contribution in [1.29, 1.82) is 0 Å². The summed E-state index contributed by atoms with van der Waals surface area (Å²) in [5.74, 6) is -0.821. The quantitative estimate of drug-likeness (QED) is 0.606. The van der Waals surface area contributed by atoms with Crippen molar-refractivity contribution >= 4 is 28.3 Å². The normalized spacial score (nSPS) is 15.4. The van der Waals surface area contributed by atoms with E-state index in [1.54, 1.807) is 0 Å². The van der Waals surface area contributed by atoms with E-state index >= 15 is 0 Å². The number of anilines is 1. The summed E-state index contributed by atoms with van der Waals surface area (Å²) in [7, 11) is 0. The van der Waals surface area contributed by atoms with Crippen LogP contribution in [-0.4, -0.2) is 35.2 Å². The van der Waals surface area contributed by atoms with Crippen molar-refractivity contribution in [3.63, 3.8) is 0 Å². The molecule has 2 N–H and O–H groups in total. The van der Waals surface area contributed by atoms with Crippen LogP contribution in [0.4, 0.5) is 18.3 Å². The van der Waals surface area contributed by atoms with Gasteiger partial charge in [0.25, 0.3) is 5.91 Å². The minimum Gasteiger partial charge on any atom is -0.426 e. The zero-order valence-electron chi connectivity index (χ0n) is 13.9. The maximum absolute atomic E-state index is 12.5. The van der Waals surface area contributed by atoms with Crippen LogP contribution in [0, 0.1) is 5.92 Å². The Balaban J connectivity index is 1.58. The molecule has 0 spiro atoms. The summed E-state index contributed by atoms with van der Waals surface area (Å²) in [6.45, 7) is 1.53. The van der Waals surface area contributed by atoms with Crippen LogP contribution in [-0.2, 0) is 11.0 Å². The van der Waals surface area contributed by atoms with Crippen molar-refractivity contribution in [2.24, 2.45) is 5.92 Å². The molecule has 2 heterocycles. The number of hydrogen-bond acceptors (Lipinski definition) is 7. The molecular formula is C16H15F3N4O3S. The zero-order valence-corrected chi connectivity index (χ0v) is 14.7. The highest BCUT2D eigenvalue weighted by molar-refractivity contribution is 7.15. The second-order valence-corrected chi connectivity index (χ2v) is 6.81. The van der Waals surface area contributed by atoms with Crippen LogP contribution in [0.3, 0.4) is 0 Å². The highest BCUT2D eigenvalue weighted by atomic mass is 32.1. The molecule has 1 aromatic heterocycles. The molecule has 0 atom stereocenters. The first-order valence-corrected chi connectivity index (χ1v) is 8.89. The van der Waals surface area contributed by atoms with E-state index in [1.807, 2.05) is 0 Å². The molecule has 0 bridgehead atoms. The smallest absolute Gasteiger partial charge is 0.426 e. The molecule has 0 unspecified atom stereocenters. The number of alkyl halides is 3. The summed E-state index contributed by atoms with van der Waals surface area (Å²) < 4.78 is 42.8. The van der Waals surface area contributed by atoms with Crippen LogP contribution in [0.25, 0.3) is 0 Å². The van der Waals surface area contributed by atoms with Crippen LogP contribution in [0.15, 0.2) is 24.3 Å². The van der Waals surface area contributed by atoms with E-state index < -0.39 is 17.1 Å². The number of carbonyl (C=O) groups is 2. The maximum atomic E-state index is 12.5. The van der Waals surface area contributed by atoms with Crippen molar-refractivity contribution < 1.29 is 27.5 Å². The van der Waals surface area contributed by atoms with E-state index in [0.717, 1.165) is 13.1 Å². The maximum Gasteiger partial charge on any atom is 0.445 e. The van der Waals surface area contributed by atoms with Gasteiger partial charge in [-0.15, -0.1) is 10.2 Å². The lowest BCUT2D eigenvalue weighted by atomic mass is 9.98. The molecule has 3 rings (SSSR count). The summed E-state index contributed by atoms with van der Waals surface area (Å²) >= 11 is 0.237. The molecule has 0 aliphatic carbocycles. The minimum absolute atomic E-state index is 0.158. The average Bonchev–Trinajstić information content (AvgIpc) is 3.12. The summed E-state index contributed by atoms with van der Waals surface area (Å²) in [5.41, 5.74) is 0.181. The van der Waals surface area contributed by atoms with Crippen LogP contribution < -0.4 is 15.4 Å². The van der Waals surface area contributed by atoms with E-state index in [9.17, 15) is 22.8 Å². The molecule has 0 saturated carbocycles. The summed E-state index contributed by atoms with van der Waals surface area (Å²) in [5, 5.41) is 10.3. The highest BCUT2D eigenvalue weighted by Crippen LogP contribution is 2.33. The van der Waals surface area contributed by atoms with Crippen LogP contribution in [0.1, 0.15) is 28.2 Å². The Morgan fingerprint density at radius 3 is 2.41 bits per heavy atom. The Hall–Kier alpha value is -2.53. The van der Waals surface area contributed by atoms with Gasteiger partial charge < -0.3 is 10.1 Å². The van der Waals surface area contributed by atoms with Crippen molar-refractivity contribution in [2.45, 2.75) is 19.0 Å². The molecule has 144 valence electrons. The molecule has 2 aromatic rings. The largest absolute Gasteiger partial charge is 0.445 e. The molecule has 1 aromatic carbocycles. The van der Waals surface area contributed by atoms with Gasteiger partial charge in [0.15, 0.2) is 0 Å². The van der Waals surface area contributed by atoms with Gasteiger partial charge in [-0.1, -0.05) is 11.3 Å². The van der Waals surface area contributed by atoms with Crippen molar-refractivity contribution in [2.75, 3.05) is 18.4 Å². The number of amides is 1. The van der Waals surface area contributed by atoms with Crippen LogP contribution in [0.5, 0.6) is 5.75 Å². The van der Waals surface area contributed by atoms with Crippen LogP contribution in [0.2, 0.25) is 0 Å². The standard InChI is InChI=1S/C16H15F3N4O3S/c17-16(18,19)14-22-23-15(27-14)21-12(24)9-1-3-11(4-2-9)26-13(25)10-5-7-20-8-6-10/h1-4,10,20H,5-8H2,(H,21,23,24). The van der Waals surface area contributed by atoms with Gasteiger partial charge in [0.2, 0.25) is 10.1 Å². The second-order valence-electron chi connectivity index (χ2n) is 5.83. The molecule has 1 aliphatic rings. The Kier molecular flexibility index (Phi) is 5.71. The molecule has 1 saturated heterocycles. The van der Waals surface area contributed by atoms with Gasteiger partial charge in [0, 0.05) is 5.56 Å². The fourth-order valence-corrected chi connectivity index (χ4v) is 3.09. The highest BCUT2D eigenvalue weighted by Gasteiger charge is 2.35. The van der Waals surface area contributed by atoms with E-state index in [-0.39, 0.29) is 33.9 Å².